The molecule has 1 aliphatic rings. The fourth-order valence-electron chi connectivity index (χ4n) is 2.67. The predicted octanol–water partition coefficient (Wildman–Crippen LogP) is 1.39. The Morgan fingerprint density at radius 3 is 3.00 bits per heavy atom. The number of anilines is 1. The lowest BCUT2D eigenvalue weighted by atomic mass is 10.3. The molecular weight excluding hydrogens is 340 g/mol. The number of hydrogen-bond acceptors (Lipinski definition) is 4. The van der Waals surface area contributed by atoms with Gasteiger partial charge in [-0.15, -0.1) is 0 Å². The number of rotatable bonds is 7. The van der Waals surface area contributed by atoms with Crippen molar-refractivity contribution in [3.05, 3.63) is 23.4 Å². The van der Waals surface area contributed by atoms with Crippen molar-refractivity contribution < 1.29 is 4.79 Å². The van der Waals surface area contributed by atoms with Crippen LogP contribution in [-0.4, -0.2) is 55.6 Å². The lowest BCUT2D eigenvalue weighted by molar-refractivity contribution is -0.119. The van der Waals surface area contributed by atoms with Crippen LogP contribution in [0.3, 0.4) is 0 Å². The molecule has 3 N–H and O–H groups in total. The Hall–Kier alpha value is -2.02. The minimum absolute atomic E-state index is 0.0626. The molecule has 0 radical (unpaired) electrons. The SMILES string of the molecule is CCCNC(=O)CN=C(NCC)NC1CCN(c2ncccc2Cl)C1. The highest BCUT2D eigenvalue weighted by molar-refractivity contribution is 6.32. The number of carbonyl (C=O) groups is 1. The number of aliphatic imine (C=N–C) groups is 1. The van der Waals surface area contributed by atoms with E-state index in [1.54, 1.807) is 6.20 Å². The van der Waals surface area contributed by atoms with Gasteiger partial charge in [0.25, 0.3) is 0 Å². The van der Waals surface area contributed by atoms with E-state index in [9.17, 15) is 4.79 Å². The van der Waals surface area contributed by atoms with Crippen LogP contribution in [-0.2, 0) is 4.79 Å². The first-order valence-electron chi connectivity index (χ1n) is 8.81. The highest BCUT2D eigenvalue weighted by atomic mass is 35.5. The van der Waals surface area contributed by atoms with E-state index in [1.165, 1.54) is 0 Å². The van der Waals surface area contributed by atoms with Gasteiger partial charge in [-0.25, -0.2) is 9.98 Å². The molecule has 0 spiro atoms. The van der Waals surface area contributed by atoms with E-state index >= 15 is 0 Å². The third-order valence-corrected chi connectivity index (χ3v) is 4.16. The van der Waals surface area contributed by atoms with Gasteiger partial charge in [0.2, 0.25) is 5.91 Å². The summed E-state index contributed by atoms with van der Waals surface area (Å²) in [5.41, 5.74) is 0. The van der Waals surface area contributed by atoms with Crippen molar-refractivity contribution in [1.82, 2.24) is 20.9 Å². The molecule has 1 fully saturated rings. The van der Waals surface area contributed by atoms with Gasteiger partial charge in [0, 0.05) is 38.4 Å². The molecule has 25 heavy (non-hydrogen) atoms. The first-order chi connectivity index (χ1) is 12.1. The standard InChI is InChI=1S/C17H27ClN6O/c1-3-8-20-15(25)11-22-17(19-4-2)23-13-7-10-24(12-13)16-14(18)6-5-9-21-16/h5-6,9,13H,3-4,7-8,10-12H2,1-2H3,(H,20,25)(H2,19,22,23). The number of nitrogens with zero attached hydrogens (tertiary/aromatic N) is 3. The van der Waals surface area contributed by atoms with E-state index in [1.807, 2.05) is 26.0 Å². The van der Waals surface area contributed by atoms with Crippen LogP contribution in [0, 0.1) is 0 Å². The summed E-state index contributed by atoms with van der Waals surface area (Å²) in [5, 5.41) is 10.1. The van der Waals surface area contributed by atoms with E-state index in [0.717, 1.165) is 38.3 Å². The molecular formula is C17H27ClN6O. The minimum Gasteiger partial charge on any atom is -0.357 e. The fourth-order valence-corrected chi connectivity index (χ4v) is 2.91. The van der Waals surface area contributed by atoms with Gasteiger partial charge in [-0.05, 0) is 31.9 Å². The average Bonchev–Trinajstić information content (AvgIpc) is 3.06. The molecule has 1 amide bonds. The Kier molecular flexibility index (Phi) is 7.78. The molecule has 0 bridgehead atoms. The largest absolute Gasteiger partial charge is 0.357 e. The number of halogens is 1. The molecule has 1 atom stereocenters. The molecule has 0 aromatic carbocycles. The Labute approximate surface area is 154 Å². The number of amides is 1. The van der Waals surface area contributed by atoms with Crippen LogP contribution in [0.4, 0.5) is 5.82 Å². The molecule has 0 aliphatic carbocycles. The van der Waals surface area contributed by atoms with Crippen LogP contribution < -0.4 is 20.9 Å². The number of pyridine rings is 1. The molecule has 1 aliphatic heterocycles. The van der Waals surface area contributed by atoms with Crippen molar-refractivity contribution in [2.24, 2.45) is 4.99 Å². The van der Waals surface area contributed by atoms with Gasteiger partial charge in [-0.1, -0.05) is 18.5 Å². The van der Waals surface area contributed by atoms with Gasteiger partial charge in [0.1, 0.15) is 12.4 Å². The molecule has 1 aromatic rings. The van der Waals surface area contributed by atoms with Crippen LogP contribution in [0.15, 0.2) is 23.3 Å². The van der Waals surface area contributed by atoms with Gasteiger partial charge >= 0.3 is 0 Å². The third kappa shape index (κ3) is 6.08. The van der Waals surface area contributed by atoms with E-state index in [0.29, 0.717) is 17.5 Å². The summed E-state index contributed by atoms with van der Waals surface area (Å²) in [7, 11) is 0. The summed E-state index contributed by atoms with van der Waals surface area (Å²) in [5.74, 6) is 1.41. The molecule has 1 saturated heterocycles. The highest BCUT2D eigenvalue weighted by Gasteiger charge is 2.25. The summed E-state index contributed by atoms with van der Waals surface area (Å²) in [6.07, 6.45) is 3.63. The maximum absolute atomic E-state index is 11.7. The Morgan fingerprint density at radius 2 is 2.28 bits per heavy atom. The second kappa shape index (κ2) is 10.1. The Balaban J connectivity index is 1.90. The lowest BCUT2D eigenvalue weighted by Gasteiger charge is -2.20. The number of guanidine groups is 1. The van der Waals surface area contributed by atoms with Crippen LogP contribution in [0.25, 0.3) is 0 Å². The molecule has 2 rings (SSSR count). The maximum atomic E-state index is 11.7. The van der Waals surface area contributed by atoms with Crippen LogP contribution in [0.2, 0.25) is 5.02 Å². The van der Waals surface area contributed by atoms with Crippen molar-refractivity contribution in [2.45, 2.75) is 32.7 Å². The summed E-state index contributed by atoms with van der Waals surface area (Å²) in [6, 6.07) is 3.91. The zero-order valence-electron chi connectivity index (χ0n) is 14.9. The smallest absolute Gasteiger partial charge is 0.241 e. The third-order valence-electron chi connectivity index (χ3n) is 3.86. The first-order valence-corrected chi connectivity index (χ1v) is 9.18. The Bertz CT molecular complexity index is 594. The zero-order valence-corrected chi connectivity index (χ0v) is 15.6. The Morgan fingerprint density at radius 1 is 1.44 bits per heavy atom. The molecule has 8 heteroatoms. The summed E-state index contributed by atoms with van der Waals surface area (Å²) in [6.45, 7) is 7.25. The number of hydrogen-bond donors (Lipinski definition) is 3. The topological polar surface area (TPSA) is 81.6 Å². The van der Waals surface area contributed by atoms with Crippen LogP contribution in [0.1, 0.15) is 26.7 Å². The summed E-state index contributed by atoms with van der Waals surface area (Å²) < 4.78 is 0. The van der Waals surface area contributed by atoms with E-state index in [-0.39, 0.29) is 18.5 Å². The lowest BCUT2D eigenvalue weighted by Crippen LogP contribution is -2.45. The monoisotopic (exact) mass is 366 g/mol. The van der Waals surface area contributed by atoms with Crippen molar-refractivity contribution in [2.75, 3.05) is 37.6 Å². The second-order valence-corrected chi connectivity index (χ2v) is 6.34. The fraction of sp³-hybridized carbons (Fsp3) is 0.588. The number of carbonyl (C=O) groups excluding carboxylic acids is 1. The van der Waals surface area contributed by atoms with E-state index in [4.69, 9.17) is 11.6 Å². The summed E-state index contributed by atoms with van der Waals surface area (Å²) in [4.78, 5) is 22.6. The molecule has 2 heterocycles. The van der Waals surface area contributed by atoms with E-state index < -0.39 is 0 Å². The second-order valence-electron chi connectivity index (χ2n) is 5.93. The van der Waals surface area contributed by atoms with Gasteiger partial charge in [-0.3, -0.25) is 4.79 Å². The summed E-state index contributed by atoms with van der Waals surface area (Å²) >= 11 is 6.23. The minimum atomic E-state index is -0.0626. The predicted molar refractivity (Wildman–Crippen MR) is 102 cm³/mol. The van der Waals surface area contributed by atoms with Gasteiger partial charge < -0.3 is 20.9 Å². The zero-order chi connectivity index (χ0) is 18.1. The quantitative estimate of drug-likeness (QED) is 0.502. The van der Waals surface area contributed by atoms with Gasteiger partial charge in [-0.2, -0.15) is 0 Å². The average molecular weight is 367 g/mol. The van der Waals surface area contributed by atoms with Gasteiger partial charge in [0.15, 0.2) is 5.96 Å². The molecule has 7 nitrogen and oxygen atoms in total. The van der Waals surface area contributed by atoms with Crippen molar-refractivity contribution in [1.29, 1.82) is 0 Å². The maximum Gasteiger partial charge on any atom is 0.241 e. The molecule has 0 saturated carbocycles. The molecule has 1 aromatic heterocycles. The normalized spacial score (nSPS) is 17.5. The van der Waals surface area contributed by atoms with Crippen LogP contribution >= 0.6 is 11.6 Å². The van der Waals surface area contributed by atoms with Crippen molar-refractivity contribution >= 4 is 29.3 Å². The van der Waals surface area contributed by atoms with E-state index in [2.05, 4.69) is 30.8 Å². The molecule has 138 valence electrons. The van der Waals surface area contributed by atoms with Crippen LogP contribution in [0.5, 0.6) is 0 Å². The van der Waals surface area contributed by atoms with Crippen molar-refractivity contribution in [3.63, 3.8) is 0 Å². The van der Waals surface area contributed by atoms with Crippen molar-refractivity contribution in [3.8, 4) is 0 Å². The molecule has 1 unspecified atom stereocenters. The number of nitrogens with one attached hydrogen (secondary N) is 3. The highest BCUT2D eigenvalue weighted by Crippen LogP contribution is 2.25. The number of aromatic nitrogens is 1. The first kappa shape index (κ1) is 19.3. The van der Waals surface area contributed by atoms with Gasteiger partial charge in [0.05, 0.1) is 5.02 Å².